The Kier molecular flexibility index (Phi) is 70.4. The highest BCUT2D eigenvalue weighted by molar-refractivity contribution is 7.47. The Morgan fingerprint density at radius 2 is 0.520 bits per heavy atom. The first kappa shape index (κ1) is 96.0. The molecule has 578 valence electrons. The van der Waals surface area contributed by atoms with Crippen LogP contribution in [0, 0.1) is 0 Å². The van der Waals surface area contributed by atoms with E-state index in [4.69, 9.17) is 37.0 Å². The average Bonchev–Trinajstić information content (AvgIpc) is 0.953. The van der Waals surface area contributed by atoms with Crippen molar-refractivity contribution in [1.29, 1.82) is 0 Å². The van der Waals surface area contributed by atoms with Crippen molar-refractivity contribution >= 4 is 39.5 Å². The van der Waals surface area contributed by atoms with Crippen LogP contribution in [0.1, 0.15) is 336 Å². The van der Waals surface area contributed by atoms with Crippen molar-refractivity contribution in [2.45, 2.75) is 354 Å². The molecule has 0 rings (SSSR count). The molecule has 0 aromatic rings. The molecular formula is C81H142O17P2. The smallest absolute Gasteiger partial charge is 0.462 e. The summed E-state index contributed by atoms with van der Waals surface area (Å²) in [5.74, 6) is -2.21. The summed E-state index contributed by atoms with van der Waals surface area (Å²) in [5, 5.41) is 10.6. The molecule has 0 spiro atoms. The van der Waals surface area contributed by atoms with Gasteiger partial charge in [-0.25, -0.2) is 9.13 Å². The van der Waals surface area contributed by atoms with Crippen molar-refractivity contribution in [3.05, 3.63) is 97.2 Å². The standard InChI is InChI=1S/C81H142O17P2/c1-5-9-13-17-21-25-29-31-33-35-37-39-41-43-47-49-53-57-61-65-78(83)91-71-76(97-80(85)67-63-59-55-51-45-27-23-19-15-11-7-3)73-95-99(87,88)93-69-75(82)70-94-100(89,90)96-74-77(98-81(86)68-64-60-56-52-46-28-24-20-16-12-8-4)72-92-79(84)66-62-58-54-50-48-44-42-40-38-36-34-32-30-26-22-18-14-10-6-2/h9,13,21-22,25-26,31-34,37-40,43,47,75-77,82H,5-8,10-12,14-20,23-24,27-30,35-36,41-42,44-46,48-74H2,1-4H3,(H,87,88)(H,89,90)/b13-9-,25-21-,26-22-,33-31-,34-32-,39-37-,40-38-,47-43-. The molecule has 3 N–H and O–H groups in total. The van der Waals surface area contributed by atoms with Crippen LogP contribution < -0.4 is 0 Å². The van der Waals surface area contributed by atoms with E-state index in [1.807, 2.05) is 0 Å². The minimum Gasteiger partial charge on any atom is -0.462 e. The Bertz CT molecular complexity index is 2270. The van der Waals surface area contributed by atoms with Crippen LogP contribution in [-0.4, -0.2) is 96.7 Å². The molecule has 0 aliphatic carbocycles. The van der Waals surface area contributed by atoms with Gasteiger partial charge in [-0.15, -0.1) is 0 Å². The van der Waals surface area contributed by atoms with Crippen LogP contribution in [0.15, 0.2) is 97.2 Å². The van der Waals surface area contributed by atoms with Crippen LogP contribution in [-0.2, 0) is 65.4 Å². The van der Waals surface area contributed by atoms with E-state index in [2.05, 4.69) is 125 Å². The van der Waals surface area contributed by atoms with Crippen LogP contribution in [0.2, 0.25) is 0 Å². The van der Waals surface area contributed by atoms with Gasteiger partial charge in [-0.2, -0.15) is 0 Å². The fourth-order valence-corrected chi connectivity index (χ4v) is 12.1. The fourth-order valence-electron chi connectivity index (χ4n) is 10.5. The summed E-state index contributed by atoms with van der Waals surface area (Å²) < 4.78 is 68.5. The lowest BCUT2D eigenvalue weighted by molar-refractivity contribution is -0.161. The van der Waals surface area contributed by atoms with Gasteiger partial charge < -0.3 is 33.8 Å². The minimum atomic E-state index is -4.98. The minimum absolute atomic E-state index is 0.0899. The summed E-state index contributed by atoms with van der Waals surface area (Å²) in [7, 11) is -9.95. The average molecular weight is 1450 g/mol. The van der Waals surface area contributed by atoms with Crippen LogP contribution in [0.25, 0.3) is 0 Å². The highest BCUT2D eigenvalue weighted by atomic mass is 31.2. The molecule has 0 fully saturated rings. The molecule has 0 bridgehead atoms. The molecule has 0 aromatic heterocycles. The summed E-state index contributed by atoms with van der Waals surface area (Å²) >= 11 is 0. The number of phosphoric acid groups is 2. The second-order valence-electron chi connectivity index (χ2n) is 26.3. The number of esters is 4. The summed E-state index contributed by atoms with van der Waals surface area (Å²) in [5.41, 5.74) is 0. The topological polar surface area (TPSA) is 237 Å². The summed E-state index contributed by atoms with van der Waals surface area (Å²) in [6.07, 6.45) is 76.8. The third-order valence-corrected chi connectivity index (χ3v) is 18.5. The van der Waals surface area contributed by atoms with Gasteiger partial charge in [0.25, 0.3) is 0 Å². The molecular weight excluding hydrogens is 1310 g/mol. The Morgan fingerprint density at radius 3 is 0.830 bits per heavy atom. The lowest BCUT2D eigenvalue weighted by atomic mass is 10.1. The summed E-state index contributed by atoms with van der Waals surface area (Å²) in [4.78, 5) is 72.8. The zero-order valence-electron chi connectivity index (χ0n) is 63.1. The van der Waals surface area contributed by atoms with Crippen LogP contribution >= 0.6 is 15.6 Å². The van der Waals surface area contributed by atoms with Gasteiger partial charge in [0.2, 0.25) is 0 Å². The monoisotopic (exact) mass is 1450 g/mol. The molecule has 100 heavy (non-hydrogen) atoms. The van der Waals surface area contributed by atoms with Crippen molar-refractivity contribution in [2.75, 3.05) is 39.6 Å². The maximum Gasteiger partial charge on any atom is 0.472 e. The molecule has 19 heteroatoms. The van der Waals surface area contributed by atoms with Gasteiger partial charge in [-0.05, 0) is 109 Å². The molecule has 5 unspecified atom stereocenters. The van der Waals surface area contributed by atoms with E-state index in [0.29, 0.717) is 25.7 Å². The van der Waals surface area contributed by atoms with Gasteiger partial charge in [0.05, 0.1) is 26.4 Å². The molecule has 0 amide bonds. The zero-order chi connectivity index (χ0) is 73.2. The van der Waals surface area contributed by atoms with Gasteiger partial charge in [0.15, 0.2) is 12.2 Å². The Hall–Kier alpha value is -4.02. The van der Waals surface area contributed by atoms with Gasteiger partial charge in [-0.1, -0.05) is 298 Å². The molecule has 5 atom stereocenters. The number of rotatable bonds is 74. The second kappa shape index (κ2) is 73.3. The third kappa shape index (κ3) is 72.3. The summed E-state index contributed by atoms with van der Waals surface area (Å²) in [6, 6.07) is 0. The largest absolute Gasteiger partial charge is 0.472 e. The quantitative estimate of drug-likeness (QED) is 0.0169. The van der Waals surface area contributed by atoms with Gasteiger partial charge in [-0.3, -0.25) is 37.3 Å². The van der Waals surface area contributed by atoms with Crippen LogP contribution in [0.5, 0.6) is 0 Å². The van der Waals surface area contributed by atoms with Crippen molar-refractivity contribution in [3.63, 3.8) is 0 Å². The molecule has 0 aromatic carbocycles. The van der Waals surface area contributed by atoms with Crippen molar-refractivity contribution in [2.24, 2.45) is 0 Å². The van der Waals surface area contributed by atoms with Crippen LogP contribution in [0.3, 0.4) is 0 Å². The van der Waals surface area contributed by atoms with Crippen LogP contribution in [0.4, 0.5) is 0 Å². The summed E-state index contributed by atoms with van der Waals surface area (Å²) in [6.45, 7) is 4.70. The Labute approximate surface area is 607 Å². The lowest BCUT2D eigenvalue weighted by Gasteiger charge is -2.21. The Balaban J connectivity index is 5.29. The molecule has 0 saturated carbocycles. The predicted molar refractivity (Wildman–Crippen MR) is 409 cm³/mol. The molecule has 0 saturated heterocycles. The normalized spacial score (nSPS) is 14.4. The molecule has 0 aliphatic rings. The third-order valence-electron chi connectivity index (χ3n) is 16.6. The number of carbonyl (C=O) groups is 4. The first-order chi connectivity index (χ1) is 48.7. The van der Waals surface area contributed by atoms with Gasteiger partial charge in [0, 0.05) is 25.7 Å². The van der Waals surface area contributed by atoms with E-state index in [1.165, 1.54) is 96.3 Å². The number of hydrogen-bond donors (Lipinski definition) is 3. The van der Waals surface area contributed by atoms with Crippen molar-refractivity contribution in [3.8, 4) is 0 Å². The number of ether oxygens (including phenoxy) is 4. The number of hydrogen-bond acceptors (Lipinski definition) is 15. The number of aliphatic hydroxyl groups excluding tert-OH is 1. The number of carbonyl (C=O) groups excluding carboxylic acids is 4. The molecule has 17 nitrogen and oxygen atoms in total. The van der Waals surface area contributed by atoms with Crippen molar-refractivity contribution < 1.29 is 80.2 Å². The highest BCUT2D eigenvalue weighted by Gasteiger charge is 2.30. The van der Waals surface area contributed by atoms with E-state index < -0.39 is 97.5 Å². The van der Waals surface area contributed by atoms with E-state index in [0.717, 1.165) is 161 Å². The van der Waals surface area contributed by atoms with Gasteiger partial charge >= 0.3 is 39.5 Å². The van der Waals surface area contributed by atoms with E-state index in [1.54, 1.807) is 0 Å². The fraction of sp³-hybridized carbons (Fsp3) is 0.753. The number of aliphatic hydroxyl groups is 1. The molecule has 0 aliphatic heterocycles. The molecule has 0 radical (unpaired) electrons. The first-order valence-corrected chi connectivity index (χ1v) is 42.5. The van der Waals surface area contributed by atoms with E-state index in [9.17, 15) is 43.2 Å². The number of phosphoric ester groups is 2. The zero-order valence-corrected chi connectivity index (χ0v) is 64.9. The maximum atomic E-state index is 13.1. The second-order valence-corrected chi connectivity index (χ2v) is 29.2. The predicted octanol–water partition coefficient (Wildman–Crippen LogP) is 22.8. The highest BCUT2D eigenvalue weighted by Crippen LogP contribution is 2.45. The van der Waals surface area contributed by atoms with Gasteiger partial charge in [0.1, 0.15) is 19.3 Å². The van der Waals surface area contributed by atoms with E-state index in [-0.39, 0.29) is 25.7 Å². The number of allylic oxidation sites excluding steroid dienone is 16. The lowest BCUT2D eigenvalue weighted by Crippen LogP contribution is -2.30. The van der Waals surface area contributed by atoms with E-state index >= 15 is 0 Å². The Morgan fingerprint density at radius 1 is 0.290 bits per heavy atom. The SMILES string of the molecule is CC/C=C\C/C=C\C/C=C\C/C=C\C/C=C\CCCCCC(=O)OCC(COP(=O)(O)OCC(O)COP(=O)(O)OCC(COC(=O)CCCCCCCC/C=C\C/C=C\C/C=C\CCCCC)OC(=O)CCCCCCCCCCCCC)OC(=O)CCCCCCCCCCCCC. The number of unbranched alkanes of at least 4 members (excludes halogenated alkanes) is 32. The van der Waals surface area contributed by atoms with Crippen molar-refractivity contribution in [1.82, 2.24) is 0 Å². The molecule has 0 heterocycles. The first-order valence-electron chi connectivity index (χ1n) is 39.5. The maximum absolute atomic E-state index is 13.1.